The number of hydrogen-bond acceptors (Lipinski definition) is 2. The molecule has 0 saturated carbocycles. The van der Waals surface area contributed by atoms with Gasteiger partial charge in [0, 0.05) is 5.56 Å². The van der Waals surface area contributed by atoms with E-state index in [1.54, 1.807) is 0 Å². The Kier molecular flexibility index (Phi) is 6.71. The first-order valence-corrected chi connectivity index (χ1v) is 10.5. The lowest BCUT2D eigenvalue weighted by Crippen LogP contribution is -2.17. The number of rotatable bonds is 9. The second-order valence-corrected chi connectivity index (χ2v) is 8.30. The third-order valence-corrected chi connectivity index (χ3v) is 5.22. The second kappa shape index (κ2) is 9.21. The fourth-order valence-corrected chi connectivity index (χ4v) is 3.57. The van der Waals surface area contributed by atoms with Crippen LogP contribution < -0.4 is 0 Å². The molecule has 3 rings (SSSR count). The Balaban J connectivity index is 1.51. The van der Waals surface area contributed by atoms with Gasteiger partial charge < -0.3 is 4.74 Å². The van der Waals surface area contributed by atoms with Crippen molar-refractivity contribution in [3.8, 4) is 0 Å². The van der Waals surface area contributed by atoms with Crippen LogP contribution in [-0.4, -0.2) is 18.0 Å². The predicted octanol–water partition coefficient (Wildman–Crippen LogP) is 6.15. The van der Waals surface area contributed by atoms with Crippen molar-refractivity contribution in [1.29, 1.82) is 0 Å². The number of aryl methyl sites for hydroxylation is 3. The highest BCUT2D eigenvalue weighted by molar-refractivity contribution is 5.96. The molecule has 0 fully saturated rings. The molecule has 144 valence electrons. The van der Waals surface area contributed by atoms with Crippen LogP contribution in [0.2, 0.25) is 0 Å². The van der Waals surface area contributed by atoms with Crippen LogP contribution in [0.1, 0.15) is 68.7 Å². The first-order chi connectivity index (χ1) is 13.1. The van der Waals surface area contributed by atoms with Crippen molar-refractivity contribution < 1.29 is 4.74 Å². The van der Waals surface area contributed by atoms with E-state index in [1.165, 1.54) is 54.4 Å². The standard InChI is InChI=1S/C25H33NO/c1-4-5-10-20-15-17-21(18-16-20)11-6-7-12-22-13-8-9-14-23(22)24-26-25(2,3)19-27-24/h8-9,13-18H,4-7,10-12,19H2,1-3H3. The van der Waals surface area contributed by atoms with Gasteiger partial charge in [-0.1, -0.05) is 55.8 Å². The summed E-state index contributed by atoms with van der Waals surface area (Å²) in [6, 6.07) is 17.8. The van der Waals surface area contributed by atoms with E-state index in [0.29, 0.717) is 6.61 Å². The predicted molar refractivity (Wildman–Crippen MR) is 115 cm³/mol. The van der Waals surface area contributed by atoms with E-state index < -0.39 is 0 Å². The van der Waals surface area contributed by atoms with Gasteiger partial charge in [0.05, 0.1) is 5.54 Å². The van der Waals surface area contributed by atoms with Crippen molar-refractivity contribution in [2.45, 2.75) is 71.3 Å². The summed E-state index contributed by atoms with van der Waals surface area (Å²) >= 11 is 0. The zero-order chi connectivity index (χ0) is 19.1. The van der Waals surface area contributed by atoms with Crippen molar-refractivity contribution in [3.63, 3.8) is 0 Å². The van der Waals surface area contributed by atoms with Crippen molar-refractivity contribution in [3.05, 3.63) is 70.8 Å². The van der Waals surface area contributed by atoms with Gasteiger partial charge in [-0.2, -0.15) is 0 Å². The zero-order valence-corrected chi connectivity index (χ0v) is 17.1. The average Bonchev–Trinajstić information content (AvgIpc) is 3.04. The third-order valence-electron chi connectivity index (χ3n) is 5.22. The van der Waals surface area contributed by atoms with Crippen molar-refractivity contribution in [1.82, 2.24) is 0 Å². The molecule has 0 aliphatic carbocycles. The summed E-state index contributed by atoms with van der Waals surface area (Å²) in [6.45, 7) is 7.16. The molecule has 2 aromatic rings. The van der Waals surface area contributed by atoms with E-state index in [9.17, 15) is 0 Å². The molecule has 0 aromatic heterocycles. The van der Waals surface area contributed by atoms with Crippen LogP contribution in [0, 0.1) is 0 Å². The molecule has 1 aliphatic rings. The normalized spacial score (nSPS) is 15.4. The molecule has 0 bridgehead atoms. The van der Waals surface area contributed by atoms with Gasteiger partial charge in [-0.25, -0.2) is 4.99 Å². The average molecular weight is 364 g/mol. The van der Waals surface area contributed by atoms with Gasteiger partial charge in [0.2, 0.25) is 5.90 Å². The van der Waals surface area contributed by atoms with Gasteiger partial charge in [-0.15, -0.1) is 0 Å². The molecule has 0 saturated heterocycles. The lowest BCUT2D eigenvalue weighted by Gasteiger charge is -2.09. The fraction of sp³-hybridized carbons (Fsp3) is 0.480. The minimum absolute atomic E-state index is 0.105. The number of benzene rings is 2. The fourth-order valence-electron chi connectivity index (χ4n) is 3.57. The number of unbranched alkanes of at least 4 members (excludes halogenated alkanes) is 2. The van der Waals surface area contributed by atoms with Crippen LogP contribution in [0.15, 0.2) is 53.5 Å². The van der Waals surface area contributed by atoms with Crippen LogP contribution in [0.5, 0.6) is 0 Å². The maximum Gasteiger partial charge on any atom is 0.217 e. The van der Waals surface area contributed by atoms with Gasteiger partial charge in [-0.3, -0.25) is 0 Å². The quantitative estimate of drug-likeness (QED) is 0.490. The Morgan fingerprint density at radius 2 is 1.48 bits per heavy atom. The molecule has 0 unspecified atom stereocenters. The molecular formula is C25H33NO. The highest BCUT2D eigenvalue weighted by atomic mass is 16.5. The Bertz CT molecular complexity index is 758. The molecule has 0 spiro atoms. The van der Waals surface area contributed by atoms with Gasteiger partial charge in [0.15, 0.2) is 0 Å². The SMILES string of the molecule is CCCCc1ccc(CCCCc2ccccc2C2=NC(C)(C)CO2)cc1. The summed E-state index contributed by atoms with van der Waals surface area (Å²) in [4.78, 5) is 4.75. The van der Waals surface area contributed by atoms with Crippen molar-refractivity contribution in [2.75, 3.05) is 6.61 Å². The number of hydrogen-bond donors (Lipinski definition) is 0. The lowest BCUT2D eigenvalue weighted by atomic mass is 9.99. The van der Waals surface area contributed by atoms with Gasteiger partial charge >= 0.3 is 0 Å². The van der Waals surface area contributed by atoms with E-state index in [1.807, 2.05) is 0 Å². The van der Waals surface area contributed by atoms with Gasteiger partial charge in [0.1, 0.15) is 6.61 Å². The van der Waals surface area contributed by atoms with E-state index in [4.69, 9.17) is 9.73 Å². The molecule has 27 heavy (non-hydrogen) atoms. The highest BCUT2D eigenvalue weighted by Crippen LogP contribution is 2.23. The Labute approximate surface area is 164 Å². The lowest BCUT2D eigenvalue weighted by molar-refractivity contribution is 0.279. The van der Waals surface area contributed by atoms with Crippen LogP contribution in [0.4, 0.5) is 0 Å². The molecule has 0 radical (unpaired) electrons. The topological polar surface area (TPSA) is 21.6 Å². The van der Waals surface area contributed by atoms with Crippen molar-refractivity contribution in [2.24, 2.45) is 4.99 Å². The first-order valence-electron chi connectivity index (χ1n) is 10.5. The zero-order valence-electron chi connectivity index (χ0n) is 17.1. The van der Waals surface area contributed by atoms with Gasteiger partial charge in [0.25, 0.3) is 0 Å². The maximum absolute atomic E-state index is 5.86. The molecule has 1 heterocycles. The molecule has 0 amide bonds. The molecule has 2 heteroatoms. The minimum Gasteiger partial charge on any atom is -0.475 e. The molecule has 0 atom stereocenters. The Hall–Kier alpha value is -2.09. The highest BCUT2D eigenvalue weighted by Gasteiger charge is 2.27. The van der Waals surface area contributed by atoms with Crippen molar-refractivity contribution >= 4 is 5.90 Å². The Morgan fingerprint density at radius 3 is 2.11 bits per heavy atom. The van der Waals surface area contributed by atoms with Gasteiger partial charge in [-0.05, 0) is 75.1 Å². The summed E-state index contributed by atoms with van der Waals surface area (Å²) < 4.78 is 5.86. The first kappa shape index (κ1) is 19.7. The summed E-state index contributed by atoms with van der Waals surface area (Å²) in [5, 5.41) is 0. The number of nitrogens with zero attached hydrogens (tertiary/aromatic N) is 1. The largest absolute Gasteiger partial charge is 0.475 e. The summed E-state index contributed by atoms with van der Waals surface area (Å²) in [6.07, 6.45) is 8.38. The third kappa shape index (κ3) is 5.69. The van der Waals surface area contributed by atoms with E-state index in [0.717, 1.165) is 18.7 Å². The van der Waals surface area contributed by atoms with Crippen LogP contribution >= 0.6 is 0 Å². The smallest absolute Gasteiger partial charge is 0.217 e. The van der Waals surface area contributed by atoms with E-state index in [2.05, 4.69) is 69.3 Å². The summed E-state index contributed by atoms with van der Waals surface area (Å²) in [5.41, 5.74) is 5.34. The molecule has 2 aromatic carbocycles. The van der Waals surface area contributed by atoms with E-state index in [-0.39, 0.29) is 5.54 Å². The molecular weight excluding hydrogens is 330 g/mol. The monoisotopic (exact) mass is 363 g/mol. The summed E-state index contributed by atoms with van der Waals surface area (Å²) in [7, 11) is 0. The van der Waals surface area contributed by atoms with Crippen LogP contribution in [0.25, 0.3) is 0 Å². The van der Waals surface area contributed by atoms with Crippen LogP contribution in [-0.2, 0) is 24.0 Å². The molecule has 2 nitrogen and oxygen atoms in total. The maximum atomic E-state index is 5.86. The van der Waals surface area contributed by atoms with E-state index >= 15 is 0 Å². The second-order valence-electron chi connectivity index (χ2n) is 8.30. The van der Waals surface area contributed by atoms with Crippen LogP contribution in [0.3, 0.4) is 0 Å². The Morgan fingerprint density at radius 1 is 0.852 bits per heavy atom. The molecule has 0 N–H and O–H groups in total. The summed E-state index contributed by atoms with van der Waals surface area (Å²) in [5.74, 6) is 0.818. The number of aliphatic imine (C=N–C) groups is 1. The number of ether oxygens (including phenoxy) is 1. The minimum atomic E-state index is -0.105. The molecule has 1 aliphatic heterocycles.